The molecule has 0 atom stereocenters. The van der Waals surface area contributed by atoms with Gasteiger partial charge in [0.1, 0.15) is 0 Å². The van der Waals surface area contributed by atoms with Gasteiger partial charge in [-0.3, -0.25) is 0 Å². The van der Waals surface area contributed by atoms with Crippen LogP contribution in [0.25, 0.3) is 10.9 Å². The molecule has 0 saturated heterocycles. The van der Waals surface area contributed by atoms with Crippen LogP contribution in [-0.4, -0.2) is 10.1 Å². The van der Waals surface area contributed by atoms with Gasteiger partial charge in [-0.25, -0.2) is 0 Å². The third-order valence-corrected chi connectivity index (χ3v) is 4.54. The lowest BCUT2D eigenvalue weighted by molar-refractivity contribution is 0.356. The minimum absolute atomic E-state index is 0.173. The van der Waals surface area contributed by atoms with E-state index >= 15 is 0 Å². The number of hydrogen-bond donors (Lipinski definition) is 1. The summed E-state index contributed by atoms with van der Waals surface area (Å²) >= 11 is 6.25. The van der Waals surface area contributed by atoms with Crippen molar-refractivity contribution >= 4 is 22.5 Å². The molecule has 2 nitrogen and oxygen atoms in total. The first-order chi connectivity index (χ1) is 8.41. The Morgan fingerprint density at radius 1 is 1.33 bits per heavy atom. The summed E-state index contributed by atoms with van der Waals surface area (Å²) < 4.78 is 2.33. The van der Waals surface area contributed by atoms with Gasteiger partial charge in [0.25, 0.3) is 0 Å². The van der Waals surface area contributed by atoms with E-state index in [0.29, 0.717) is 0 Å². The van der Waals surface area contributed by atoms with E-state index in [4.69, 9.17) is 11.6 Å². The van der Waals surface area contributed by atoms with Crippen molar-refractivity contribution in [2.45, 2.75) is 39.3 Å². The quantitative estimate of drug-likeness (QED) is 0.768. The fourth-order valence-corrected chi connectivity index (χ4v) is 3.23. The maximum absolute atomic E-state index is 6.25. The maximum Gasteiger partial charge on any atom is 0.0527 e. The van der Waals surface area contributed by atoms with Gasteiger partial charge in [0.2, 0.25) is 0 Å². The van der Waals surface area contributed by atoms with Gasteiger partial charge < -0.3 is 9.88 Å². The normalized spacial score (nSPS) is 18.1. The number of fused-ring (bicyclic) bond motifs is 3. The third-order valence-electron chi connectivity index (χ3n) is 4.13. The summed E-state index contributed by atoms with van der Waals surface area (Å²) in [6, 6.07) is 4.17. The van der Waals surface area contributed by atoms with Crippen LogP contribution in [0.1, 0.15) is 30.7 Å². The highest BCUT2D eigenvalue weighted by Crippen LogP contribution is 2.35. The van der Waals surface area contributed by atoms with Crippen LogP contribution in [0.4, 0.5) is 0 Å². The highest BCUT2D eigenvalue weighted by atomic mass is 35.5. The second-order valence-electron chi connectivity index (χ2n) is 5.97. The predicted molar refractivity (Wildman–Crippen MR) is 77.3 cm³/mol. The van der Waals surface area contributed by atoms with Crippen LogP contribution in [0.3, 0.4) is 0 Å². The molecule has 96 valence electrons. The molecule has 0 fully saturated rings. The Labute approximate surface area is 113 Å². The number of aromatic nitrogens is 1. The van der Waals surface area contributed by atoms with E-state index in [1.54, 1.807) is 0 Å². The van der Waals surface area contributed by atoms with Crippen LogP contribution < -0.4 is 5.32 Å². The molecule has 1 aliphatic rings. The molecule has 0 aliphatic carbocycles. The van der Waals surface area contributed by atoms with Crippen molar-refractivity contribution in [2.24, 2.45) is 7.05 Å². The zero-order valence-electron chi connectivity index (χ0n) is 11.4. The predicted octanol–water partition coefficient (Wildman–Crippen LogP) is 3.56. The number of nitrogens with zero attached hydrogens (tertiary/aromatic N) is 1. The molecular weight excluding hydrogens is 244 g/mol. The number of hydrogen-bond acceptors (Lipinski definition) is 1. The molecule has 0 bridgehead atoms. The highest BCUT2D eigenvalue weighted by molar-refractivity contribution is 6.32. The number of halogens is 1. The summed E-state index contributed by atoms with van der Waals surface area (Å²) in [7, 11) is 2.16. The molecule has 2 aromatic rings. The third kappa shape index (κ3) is 1.59. The summed E-state index contributed by atoms with van der Waals surface area (Å²) in [4.78, 5) is 0. The van der Waals surface area contributed by atoms with Crippen molar-refractivity contribution in [1.29, 1.82) is 0 Å². The van der Waals surface area contributed by atoms with E-state index in [2.05, 4.69) is 43.8 Å². The van der Waals surface area contributed by atoms with Gasteiger partial charge in [0.15, 0.2) is 0 Å². The number of aryl methyl sites for hydroxylation is 2. The van der Waals surface area contributed by atoms with Crippen LogP contribution >= 0.6 is 11.6 Å². The first-order valence-corrected chi connectivity index (χ1v) is 6.79. The van der Waals surface area contributed by atoms with Crippen molar-refractivity contribution in [3.05, 3.63) is 34.0 Å². The van der Waals surface area contributed by atoms with Crippen LogP contribution in [0.2, 0.25) is 5.02 Å². The van der Waals surface area contributed by atoms with Gasteiger partial charge in [-0.05, 0) is 38.0 Å². The molecule has 0 radical (unpaired) electrons. The lowest BCUT2D eigenvalue weighted by atomic mass is 9.91. The molecule has 0 spiro atoms. The van der Waals surface area contributed by atoms with Crippen molar-refractivity contribution in [3.63, 3.8) is 0 Å². The largest absolute Gasteiger partial charge is 0.347 e. The monoisotopic (exact) mass is 262 g/mol. The van der Waals surface area contributed by atoms with E-state index in [1.807, 2.05) is 6.07 Å². The lowest BCUT2D eigenvalue weighted by Crippen LogP contribution is -2.44. The van der Waals surface area contributed by atoms with Crippen molar-refractivity contribution in [3.8, 4) is 0 Å². The first kappa shape index (κ1) is 12.1. The average Bonchev–Trinajstić information content (AvgIpc) is 2.57. The molecule has 2 heterocycles. The lowest BCUT2D eigenvalue weighted by Gasteiger charge is -2.32. The second-order valence-corrected chi connectivity index (χ2v) is 6.37. The van der Waals surface area contributed by atoms with Crippen LogP contribution in [0.15, 0.2) is 12.1 Å². The smallest absolute Gasteiger partial charge is 0.0527 e. The molecule has 3 heteroatoms. The Bertz CT molecular complexity index is 638. The molecule has 1 aromatic heterocycles. The van der Waals surface area contributed by atoms with Gasteiger partial charge in [0, 0.05) is 41.7 Å². The number of rotatable bonds is 0. The molecule has 1 aliphatic heterocycles. The fourth-order valence-electron chi connectivity index (χ4n) is 3.08. The fraction of sp³-hybridized carbons (Fsp3) is 0.467. The van der Waals surface area contributed by atoms with Gasteiger partial charge >= 0.3 is 0 Å². The minimum atomic E-state index is 0.173. The number of benzene rings is 1. The Morgan fingerprint density at radius 3 is 2.78 bits per heavy atom. The molecular formula is C15H19ClN2. The van der Waals surface area contributed by atoms with Crippen LogP contribution in [0, 0.1) is 6.92 Å². The molecule has 3 rings (SSSR count). The molecule has 0 amide bonds. The van der Waals surface area contributed by atoms with Crippen molar-refractivity contribution < 1.29 is 0 Å². The maximum atomic E-state index is 6.25. The molecule has 0 unspecified atom stereocenters. The molecule has 1 N–H and O–H groups in total. The van der Waals surface area contributed by atoms with E-state index in [1.165, 1.54) is 27.7 Å². The van der Waals surface area contributed by atoms with E-state index in [9.17, 15) is 0 Å². The van der Waals surface area contributed by atoms with Crippen molar-refractivity contribution in [1.82, 2.24) is 9.88 Å². The van der Waals surface area contributed by atoms with Gasteiger partial charge in [-0.2, -0.15) is 0 Å². The summed E-state index contributed by atoms with van der Waals surface area (Å²) in [5.41, 5.74) is 5.52. The molecule has 1 aromatic carbocycles. The second kappa shape index (κ2) is 3.75. The van der Waals surface area contributed by atoms with Crippen molar-refractivity contribution in [2.75, 3.05) is 0 Å². The van der Waals surface area contributed by atoms with E-state index < -0.39 is 0 Å². The SMILES string of the molecule is Cc1c(Cl)ccc2c3c(n(C)c12)CC(C)(C)NC3. The zero-order valence-corrected chi connectivity index (χ0v) is 12.2. The Kier molecular flexibility index (Phi) is 2.51. The Morgan fingerprint density at radius 2 is 2.06 bits per heavy atom. The minimum Gasteiger partial charge on any atom is -0.347 e. The standard InChI is InChI=1S/C15H19ClN2/c1-9-12(16)6-5-10-11-8-17-15(2,3)7-13(11)18(4)14(9)10/h5-6,17H,7-8H2,1-4H3. The summed E-state index contributed by atoms with van der Waals surface area (Å²) in [6.45, 7) is 7.57. The highest BCUT2D eigenvalue weighted by Gasteiger charge is 2.29. The van der Waals surface area contributed by atoms with E-state index in [-0.39, 0.29) is 5.54 Å². The summed E-state index contributed by atoms with van der Waals surface area (Å²) in [5.74, 6) is 0. The average molecular weight is 263 g/mol. The first-order valence-electron chi connectivity index (χ1n) is 6.41. The molecule has 0 saturated carbocycles. The number of nitrogens with one attached hydrogen (secondary N) is 1. The van der Waals surface area contributed by atoms with Crippen LogP contribution in [-0.2, 0) is 20.0 Å². The van der Waals surface area contributed by atoms with E-state index in [0.717, 1.165) is 18.0 Å². The van der Waals surface area contributed by atoms with Crippen LogP contribution in [0.5, 0.6) is 0 Å². The zero-order chi connectivity index (χ0) is 13.1. The summed E-state index contributed by atoms with van der Waals surface area (Å²) in [5, 5.41) is 5.81. The van der Waals surface area contributed by atoms with Gasteiger partial charge in [-0.1, -0.05) is 17.7 Å². The summed E-state index contributed by atoms with van der Waals surface area (Å²) in [6.07, 6.45) is 1.06. The Balaban J connectivity index is 2.34. The van der Waals surface area contributed by atoms with Gasteiger partial charge in [0.05, 0.1) is 5.52 Å². The topological polar surface area (TPSA) is 17.0 Å². The van der Waals surface area contributed by atoms with Gasteiger partial charge in [-0.15, -0.1) is 0 Å². The molecule has 18 heavy (non-hydrogen) atoms. The Hall–Kier alpha value is -0.990.